The minimum Gasteiger partial charge on any atom is -0.310 e. The predicted octanol–water partition coefficient (Wildman–Crippen LogP) is 5.43. The van der Waals surface area contributed by atoms with Gasteiger partial charge in [-0.25, -0.2) is 9.78 Å². The van der Waals surface area contributed by atoms with Crippen molar-refractivity contribution in [2.75, 3.05) is 5.32 Å². The quantitative estimate of drug-likeness (QED) is 0.435. The molecule has 6 nitrogen and oxygen atoms in total. The van der Waals surface area contributed by atoms with Crippen LogP contribution in [-0.4, -0.2) is 20.5 Å². The lowest BCUT2D eigenvalue weighted by Gasteiger charge is -2.32. The topological polar surface area (TPSA) is 67.2 Å². The Balaban J connectivity index is 1.77. The molecule has 1 atom stereocenters. The number of nitrogens with zero attached hydrogens (tertiary/aromatic N) is 3. The van der Waals surface area contributed by atoms with Crippen molar-refractivity contribution in [1.29, 1.82) is 0 Å². The van der Waals surface area contributed by atoms with Gasteiger partial charge in [-0.3, -0.25) is 9.36 Å². The van der Waals surface area contributed by atoms with Crippen LogP contribution in [0.3, 0.4) is 0 Å². The Hall–Kier alpha value is -3.93. The van der Waals surface area contributed by atoms with Crippen LogP contribution >= 0.6 is 0 Å². The molecule has 1 heterocycles. The number of rotatable bonds is 6. The Labute approximate surface area is 193 Å². The zero-order chi connectivity index (χ0) is 23.4. The van der Waals surface area contributed by atoms with Crippen LogP contribution in [-0.2, 0) is 13.6 Å². The monoisotopic (exact) mass is 440 g/mol. The van der Waals surface area contributed by atoms with Gasteiger partial charge >= 0.3 is 6.03 Å². The molecule has 0 aliphatic heterocycles. The van der Waals surface area contributed by atoms with E-state index in [-0.39, 0.29) is 11.6 Å². The second kappa shape index (κ2) is 9.69. The van der Waals surface area contributed by atoms with Gasteiger partial charge in [0.05, 0.1) is 16.9 Å². The summed E-state index contributed by atoms with van der Waals surface area (Å²) in [7, 11) is 1.72. The third-order valence-electron chi connectivity index (χ3n) is 5.80. The fraction of sp³-hybridized carbons (Fsp3) is 0.222. The molecule has 3 aromatic carbocycles. The van der Waals surface area contributed by atoms with Gasteiger partial charge in [0.25, 0.3) is 5.56 Å². The van der Waals surface area contributed by atoms with E-state index in [1.807, 2.05) is 86.6 Å². The summed E-state index contributed by atoms with van der Waals surface area (Å²) in [5.74, 6) is 0.566. The van der Waals surface area contributed by atoms with Gasteiger partial charge in [0.2, 0.25) is 0 Å². The molecule has 0 aliphatic carbocycles. The molecule has 1 unspecified atom stereocenters. The number of amides is 2. The average molecular weight is 441 g/mol. The van der Waals surface area contributed by atoms with E-state index in [4.69, 9.17) is 4.98 Å². The molecule has 0 saturated heterocycles. The first-order valence-electron chi connectivity index (χ1n) is 11.1. The van der Waals surface area contributed by atoms with Crippen LogP contribution in [0, 0.1) is 6.92 Å². The predicted molar refractivity (Wildman–Crippen MR) is 132 cm³/mol. The summed E-state index contributed by atoms with van der Waals surface area (Å²) in [6.45, 7) is 4.38. The molecule has 1 aromatic heterocycles. The molecule has 1 N–H and O–H groups in total. The number of fused-ring (bicyclic) bond motifs is 1. The lowest BCUT2D eigenvalue weighted by atomic mass is 10.1. The molecule has 0 saturated carbocycles. The third kappa shape index (κ3) is 4.80. The molecular weight excluding hydrogens is 412 g/mol. The van der Waals surface area contributed by atoms with Crippen molar-refractivity contribution in [3.8, 4) is 0 Å². The number of aryl methyl sites for hydroxylation is 1. The highest BCUT2D eigenvalue weighted by Crippen LogP contribution is 2.26. The third-order valence-corrected chi connectivity index (χ3v) is 5.80. The van der Waals surface area contributed by atoms with Crippen molar-refractivity contribution >= 4 is 22.6 Å². The van der Waals surface area contributed by atoms with E-state index in [0.29, 0.717) is 29.7 Å². The van der Waals surface area contributed by atoms with Gasteiger partial charge in [-0.05, 0) is 48.7 Å². The van der Waals surface area contributed by atoms with E-state index in [1.54, 1.807) is 22.6 Å². The summed E-state index contributed by atoms with van der Waals surface area (Å²) in [5, 5.41) is 3.60. The maximum atomic E-state index is 13.6. The smallest absolute Gasteiger partial charge is 0.310 e. The number of hydrogen-bond donors (Lipinski definition) is 1. The standard InChI is InChI=1S/C27H28N4O2/c1-4-24(25-29-23-16-9-8-15-22(23)26(32)30(25)3)31(18-20-12-6-5-7-13-20)27(33)28-21-14-10-11-19(2)17-21/h5-17,24H,4,18H2,1-3H3,(H,28,33). The Bertz CT molecular complexity index is 1330. The maximum absolute atomic E-state index is 13.6. The van der Waals surface area contributed by atoms with Gasteiger partial charge in [0.1, 0.15) is 5.82 Å². The van der Waals surface area contributed by atoms with E-state index in [1.165, 1.54) is 0 Å². The van der Waals surface area contributed by atoms with E-state index in [0.717, 1.165) is 16.8 Å². The van der Waals surface area contributed by atoms with Crippen LogP contribution in [0.4, 0.5) is 10.5 Å². The highest BCUT2D eigenvalue weighted by Gasteiger charge is 2.28. The molecule has 33 heavy (non-hydrogen) atoms. The number of benzene rings is 3. The zero-order valence-corrected chi connectivity index (χ0v) is 19.2. The highest BCUT2D eigenvalue weighted by atomic mass is 16.2. The molecule has 0 spiro atoms. The van der Waals surface area contributed by atoms with E-state index < -0.39 is 6.04 Å². The van der Waals surface area contributed by atoms with Crippen LogP contribution in [0.15, 0.2) is 83.7 Å². The number of carbonyl (C=O) groups excluding carboxylic acids is 1. The summed E-state index contributed by atoms with van der Waals surface area (Å²) in [6.07, 6.45) is 0.604. The molecule has 4 rings (SSSR count). The lowest BCUT2D eigenvalue weighted by molar-refractivity contribution is 0.176. The lowest BCUT2D eigenvalue weighted by Crippen LogP contribution is -2.40. The normalized spacial score (nSPS) is 11.8. The SMILES string of the molecule is CCC(c1nc2ccccc2c(=O)n1C)N(Cc1ccccc1)C(=O)Nc1cccc(C)c1. The van der Waals surface area contributed by atoms with Crippen LogP contribution < -0.4 is 10.9 Å². The van der Waals surface area contributed by atoms with Crippen molar-refractivity contribution in [2.24, 2.45) is 7.05 Å². The number of hydrogen-bond acceptors (Lipinski definition) is 3. The first kappa shape index (κ1) is 22.3. The van der Waals surface area contributed by atoms with Crippen LogP contribution in [0.5, 0.6) is 0 Å². The molecular formula is C27H28N4O2. The van der Waals surface area contributed by atoms with E-state index in [2.05, 4.69) is 5.32 Å². The summed E-state index contributed by atoms with van der Waals surface area (Å²) in [4.78, 5) is 33.2. The highest BCUT2D eigenvalue weighted by molar-refractivity contribution is 5.89. The van der Waals surface area contributed by atoms with Gasteiger partial charge in [-0.15, -0.1) is 0 Å². The second-order valence-electron chi connectivity index (χ2n) is 8.19. The number of para-hydroxylation sites is 1. The summed E-state index contributed by atoms with van der Waals surface area (Å²) in [6, 6.07) is 24.2. The van der Waals surface area contributed by atoms with Crippen molar-refractivity contribution in [2.45, 2.75) is 32.9 Å². The first-order valence-corrected chi connectivity index (χ1v) is 11.1. The number of nitrogens with one attached hydrogen (secondary N) is 1. The van der Waals surface area contributed by atoms with E-state index in [9.17, 15) is 9.59 Å². The van der Waals surface area contributed by atoms with Crippen molar-refractivity contribution in [3.63, 3.8) is 0 Å². The van der Waals surface area contributed by atoms with Gasteiger partial charge in [0.15, 0.2) is 0 Å². The Morgan fingerprint density at radius 1 is 1.03 bits per heavy atom. The Morgan fingerprint density at radius 3 is 2.48 bits per heavy atom. The fourth-order valence-corrected chi connectivity index (χ4v) is 4.10. The Kier molecular flexibility index (Phi) is 6.54. The molecule has 0 aliphatic rings. The first-order chi connectivity index (χ1) is 16.0. The summed E-state index contributed by atoms with van der Waals surface area (Å²) in [5.41, 5.74) is 3.31. The summed E-state index contributed by atoms with van der Waals surface area (Å²) < 4.78 is 1.56. The van der Waals surface area contributed by atoms with Crippen molar-refractivity contribution < 1.29 is 4.79 Å². The van der Waals surface area contributed by atoms with Crippen molar-refractivity contribution in [3.05, 3.63) is 106 Å². The van der Waals surface area contributed by atoms with Crippen LogP contribution in [0.2, 0.25) is 0 Å². The Morgan fingerprint density at radius 2 is 1.76 bits per heavy atom. The molecule has 0 radical (unpaired) electrons. The molecule has 0 fully saturated rings. The van der Waals surface area contributed by atoms with Crippen molar-refractivity contribution in [1.82, 2.24) is 14.5 Å². The number of carbonyl (C=O) groups is 1. The minimum atomic E-state index is -0.391. The van der Waals surface area contributed by atoms with Gasteiger partial charge in [0, 0.05) is 19.3 Å². The summed E-state index contributed by atoms with van der Waals surface area (Å²) >= 11 is 0. The number of anilines is 1. The van der Waals surface area contributed by atoms with Gasteiger partial charge in [-0.1, -0.05) is 61.5 Å². The molecule has 0 bridgehead atoms. The molecule has 6 heteroatoms. The van der Waals surface area contributed by atoms with E-state index >= 15 is 0 Å². The average Bonchev–Trinajstić information content (AvgIpc) is 2.82. The minimum absolute atomic E-state index is 0.118. The molecule has 4 aromatic rings. The largest absolute Gasteiger partial charge is 0.322 e. The number of aromatic nitrogens is 2. The van der Waals surface area contributed by atoms with Crippen LogP contribution in [0.25, 0.3) is 10.9 Å². The molecule has 2 amide bonds. The fourth-order valence-electron chi connectivity index (χ4n) is 4.10. The zero-order valence-electron chi connectivity index (χ0n) is 19.2. The van der Waals surface area contributed by atoms with Gasteiger partial charge < -0.3 is 10.2 Å². The number of urea groups is 1. The maximum Gasteiger partial charge on any atom is 0.322 e. The van der Waals surface area contributed by atoms with Crippen LogP contribution in [0.1, 0.15) is 36.3 Å². The van der Waals surface area contributed by atoms with Gasteiger partial charge in [-0.2, -0.15) is 0 Å². The molecule has 168 valence electrons. The second-order valence-corrected chi connectivity index (χ2v) is 8.19.